The molecule has 7 nitrogen and oxygen atoms in total. The van der Waals surface area contributed by atoms with Crippen molar-refractivity contribution in [3.8, 4) is 5.75 Å². The molecule has 130 valence electrons. The fraction of sp³-hybridized carbons (Fsp3) is 0.412. The van der Waals surface area contributed by atoms with Gasteiger partial charge in [-0.3, -0.25) is 0 Å². The van der Waals surface area contributed by atoms with Gasteiger partial charge in [-0.15, -0.1) is 5.10 Å². The van der Waals surface area contributed by atoms with E-state index in [1.165, 1.54) is 30.7 Å². The molecule has 1 saturated carbocycles. The van der Waals surface area contributed by atoms with Gasteiger partial charge in [-0.1, -0.05) is 24.6 Å². The van der Waals surface area contributed by atoms with E-state index < -0.39 is 5.63 Å². The van der Waals surface area contributed by atoms with Crippen molar-refractivity contribution < 1.29 is 9.52 Å². The first-order valence-corrected chi connectivity index (χ1v) is 9.28. The Labute approximate surface area is 148 Å². The van der Waals surface area contributed by atoms with Crippen molar-refractivity contribution in [1.29, 1.82) is 0 Å². The lowest BCUT2D eigenvalue weighted by atomic mass is 10.1. The van der Waals surface area contributed by atoms with Crippen molar-refractivity contribution in [3.05, 3.63) is 39.7 Å². The molecule has 1 aliphatic rings. The third-order valence-electron chi connectivity index (χ3n) is 4.71. The fourth-order valence-corrected chi connectivity index (χ4v) is 4.27. The predicted octanol–water partition coefficient (Wildman–Crippen LogP) is 3.20. The summed E-state index contributed by atoms with van der Waals surface area (Å²) in [5, 5.41) is 23.5. The van der Waals surface area contributed by atoms with Crippen LogP contribution in [-0.4, -0.2) is 25.3 Å². The zero-order valence-corrected chi connectivity index (χ0v) is 14.6. The SMILES string of the molecule is Cc1c(O)ccc2c(CSc3nnnn3C3CCCC3)cc(=O)oc12. The van der Waals surface area contributed by atoms with Crippen LogP contribution in [0.25, 0.3) is 11.0 Å². The summed E-state index contributed by atoms with van der Waals surface area (Å²) in [5.41, 5.74) is 1.42. The highest BCUT2D eigenvalue weighted by molar-refractivity contribution is 7.98. The van der Waals surface area contributed by atoms with Crippen LogP contribution in [0.15, 0.2) is 32.6 Å². The van der Waals surface area contributed by atoms with E-state index in [1.807, 2.05) is 4.68 Å². The van der Waals surface area contributed by atoms with Crippen LogP contribution >= 0.6 is 11.8 Å². The van der Waals surface area contributed by atoms with Gasteiger partial charge in [0.05, 0.1) is 6.04 Å². The summed E-state index contributed by atoms with van der Waals surface area (Å²) in [5.74, 6) is 0.671. The minimum absolute atomic E-state index is 0.116. The largest absolute Gasteiger partial charge is 0.508 e. The van der Waals surface area contributed by atoms with Crippen LogP contribution in [0.2, 0.25) is 0 Å². The molecule has 4 rings (SSSR count). The van der Waals surface area contributed by atoms with Crippen LogP contribution in [0, 0.1) is 6.92 Å². The molecule has 0 atom stereocenters. The number of hydrogen-bond donors (Lipinski definition) is 1. The molecule has 0 unspecified atom stereocenters. The Morgan fingerprint density at radius 1 is 1.36 bits per heavy atom. The Bertz CT molecular complexity index is 976. The molecule has 2 heterocycles. The molecule has 0 amide bonds. The first-order valence-electron chi connectivity index (χ1n) is 8.29. The Morgan fingerprint density at radius 2 is 2.16 bits per heavy atom. The lowest BCUT2D eigenvalue weighted by Gasteiger charge is -2.11. The summed E-state index contributed by atoms with van der Waals surface area (Å²) in [6.07, 6.45) is 4.63. The van der Waals surface area contributed by atoms with Gasteiger partial charge in [-0.25, -0.2) is 9.48 Å². The molecular weight excluding hydrogens is 340 g/mol. The van der Waals surface area contributed by atoms with Gasteiger partial charge in [0.2, 0.25) is 5.16 Å². The monoisotopic (exact) mass is 358 g/mol. The molecular formula is C17H18N4O3S. The number of thioether (sulfide) groups is 1. The van der Waals surface area contributed by atoms with Gasteiger partial charge < -0.3 is 9.52 Å². The number of aromatic nitrogens is 4. The van der Waals surface area contributed by atoms with E-state index in [1.54, 1.807) is 19.1 Å². The highest BCUT2D eigenvalue weighted by Gasteiger charge is 2.22. The van der Waals surface area contributed by atoms with E-state index in [0.29, 0.717) is 22.9 Å². The van der Waals surface area contributed by atoms with Gasteiger partial charge >= 0.3 is 5.63 Å². The maximum atomic E-state index is 11.9. The molecule has 2 aromatic heterocycles. The topological polar surface area (TPSA) is 94.0 Å². The predicted molar refractivity (Wildman–Crippen MR) is 93.8 cm³/mol. The summed E-state index contributed by atoms with van der Waals surface area (Å²) < 4.78 is 7.19. The Hall–Kier alpha value is -2.35. The van der Waals surface area contributed by atoms with Gasteiger partial charge in [-0.05, 0) is 47.9 Å². The average molecular weight is 358 g/mol. The third-order valence-corrected chi connectivity index (χ3v) is 5.69. The normalized spacial score (nSPS) is 15.2. The number of rotatable bonds is 4. The molecule has 0 spiro atoms. The summed E-state index contributed by atoms with van der Waals surface area (Å²) in [7, 11) is 0. The summed E-state index contributed by atoms with van der Waals surface area (Å²) >= 11 is 1.51. The molecule has 25 heavy (non-hydrogen) atoms. The Balaban J connectivity index is 1.65. The molecule has 1 aromatic carbocycles. The van der Waals surface area contributed by atoms with Crippen molar-refractivity contribution in [2.45, 2.75) is 49.6 Å². The van der Waals surface area contributed by atoms with Crippen LogP contribution in [0.3, 0.4) is 0 Å². The summed E-state index contributed by atoms with van der Waals surface area (Å²) in [6, 6.07) is 5.26. The van der Waals surface area contributed by atoms with Crippen LogP contribution < -0.4 is 5.63 Å². The molecule has 1 aliphatic carbocycles. The van der Waals surface area contributed by atoms with Gasteiger partial charge in [0.25, 0.3) is 0 Å². The van der Waals surface area contributed by atoms with Crippen molar-refractivity contribution in [1.82, 2.24) is 20.2 Å². The smallest absolute Gasteiger partial charge is 0.336 e. The highest BCUT2D eigenvalue weighted by Crippen LogP contribution is 2.34. The number of aryl methyl sites for hydroxylation is 1. The van der Waals surface area contributed by atoms with Gasteiger partial charge in [0.1, 0.15) is 11.3 Å². The number of phenols is 1. The van der Waals surface area contributed by atoms with E-state index in [-0.39, 0.29) is 5.75 Å². The zero-order chi connectivity index (χ0) is 17.4. The highest BCUT2D eigenvalue weighted by atomic mass is 32.2. The maximum Gasteiger partial charge on any atom is 0.336 e. The first-order chi connectivity index (χ1) is 12.1. The lowest BCUT2D eigenvalue weighted by Crippen LogP contribution is -2.08. The van der Waals surface area contributed by atoms with Gasteiger partial charge in [-0.2, -0.15) is 0 Å². The van der Waals surface area contributed by atoms with Crippen LogP contribution in [0.1, 0.15) is 42.9 Å². The summed E-state index contributed by atoms with van der Waals surface area (Å²) in [4.78, 5) is 11.9. The van der Waals surface area contributed by atoms with E-state index in [9.17, 15) is 9.90 Å². The minimum atomic E-state index is -0.424. The molecule has 1 N–H and O–H groups in total. The van der Waals surface area contributed by atoms with Crippen molar-refractivity contribution >= 4 is 22.7 Å². The zero-order valence-electron chi connectivity index (χ0n) is 13.8. The minimum Gasteiger partial charge on any atom is -0.508 e. The van der Waals surface area contributed by atoms with Crippen LogP contribution in [0.5, 0.6) is 5.75 Å². The molecule has 0 saturated heterocycles. The van der Waals surface area contributed by atoms with Crippen molar-refractivity contribution in [3.63, 3.8) is 0 Å². The van der Waals surface area contributed by atoms with Crippen molar-refractivity contribution in [2.75, 3.05) is 0 Å². The molecule has 0 aliphatic heterocycles. The number of phenolic OH excluding ortho intramolecular Hbond substituents is 1. The van der Waals surface area contributed by atoms with E-state index in [4.69, 9.17) is 4.42 Å². The van der Waals surface area contributed by atoms with Crippen LogP contribution in [0.4, 0.5) is 0 Å². The number of hydrogen-bond acceptors (Lipinski definition) is 7. The molecule has 3 aromatic rings. The number of nitrogens with zero attached hydrogens (tertiary/aromatic N) is 4. The van der Waals surface area contributed by atoms with Crippen molar-refractivity contribution in [2.24, 2.45) is 0 Å². The maximum absolute atomic E-state index is 11.9. The molecule has 1 fully saturated rings. The lowest BCUT2D eigenvalue weighted by molar-refractivity contribution is 0.423. The number of tetrazole rings is 1. The molecule has 0 bridgehead atoms. The van der Waals surface area contributed by atoms with E-state index in [0.717, 1.165) is 28.9 Å². The number of aromatic hydroxyl groups is 1. The Morgan fingerprint density at radius 3 is 2.96 bits per heavy atom. The van der Waals surface area contributed by atoms with E-state index in [2.05, 4.69) is 15.5 Å². The molecule has 8 heteroatoms. The second-order valence-corrected chi connectivity index (χ2v) is 7.25. The van der Waals surface area contributed by atoms with Gasteiger partial charge in [0, 0.05) is 22.8 Å². The first kappa shape index (κ1) is 16.1. The second-order valence-electron chi connectivity index (χ2n) is 6.31. The Kier molecular flexibility index (Phi) is 4.20. The number of fused-ring (bicyclic) bond motifs is 1. The third kappa shape index (κ3) is 3.02. The van der Waals surface area contributed by atoms with Gasteiger partial charge in [0.15, 0.2) is 0 Å². The standard InChI is InChI=1S/C17H18N4O3S/c1-10-14(22)7-6-13-11(8-15(23)24-16(10)13)9-25-17-18-19-20-21(17)12-4-2-3-5-12/h6-8,12,22H,2-5,9H2,1H3. The second kappa shape index (κ2) is 6.51. The average Bonchev–Trinajstić information content (AvgIpc) is 3.27. The number of benzene rings is 1. The quantitative estimate of drug-likeness (QED) is 0.565. The van der Waals surface area contributed by atoms with Crippen LogP contribution in [-0.2, 0) is 5.75 Å². The summed E-state index contributed by atoms with van der Waals surface area (Å²) in [6.45, 7) is 1.73. The molecule has 0 radical (unpaired) electrons. The fourth-order valence-electron chi connectivity index (χ4n) is 3.34. The van der Waals surface area contributed by atoms with E-state index >= 15 is 0 Å².